The number of benzene rings is 5. The van der Waals surface area contributed by atoms with E-state index in [-0.39, 0.29) is 20.4 Å². The van der Waals surface area contributed by atoms with Crippen molar-refractivity contribution in [1.29, 1.82) is 0 Å². The zero-order valence-corrected chi connectivity index (χ0v) is 25.1. The van der Waals surface area contributed by atoms with Gasteiger partial charge in [-0.1, -0.05) is 127 Å². The molecule has 5 aromatic carbocycles. The first kappa shape index (κ1) is 33.0. The van der Waals surface area contributed by atoms with E-state index in [0.717, 1.165) is 21.2 Å². The third-order valence-corrected chi connectivity index (χ3v) is 9.14. The molecule has 4 nitrogen and oxygen atoms in total. The molecule has 0 bridgehead atoms. The van der Waals surface area contributed by atoms with Crippen molar-refractivity contribution in [3.63, 3.8) is 0 Å². The zero-order chi connectivity index (χ0) is 29.1. The van der Waals surface area contributed by atoms with Gasteiger partial charge in [0.1, 0.15) is 22.3 Å². The van der Waals surface area contributed by atoms with Crippen LogP contribution in [-0.4, -0.2) is 12.1 Å². The minimum Gasteiger partial charge on any atom is -0.542 e. The summed E-state index contributed by atoms with van der Waals surface area (Å²) in [5.41, 5.74) is 0. The van der Waals surface area contributed by atoms with Gasteiger partial charge in [0, 0.05) is 32.7 Å². The minimum atomic E-state index is -5.19. The van der Waals surface area contributed by atoms with Crippen LogP contribution in [0.4, 0.5) is 13.2 Å². The molecular formula is C32H23F3O4P2Pd. The third kappa shape index (κ3) is 9.79. The van der Waals surface area contributed by atoms with Gasteiger partial charge in [-0.3, -0.25) is 0 Å². The van der Waals surface area contributed by atoms with Crippen LogP contribution in [0, 0.1) is 6.07 Å². The molecule has 0 aromatic heterocycles. The Labute approximate surface area is 258 Å². The molecule has 5 rings (SSSR count). The Kier molecular flexibility index (Phi) is 12.7. The van der Waals surface area contributed by atoms with Gasteiger partial charge in [-0.15, -0.1) is 12.1 Å². The van der Waals surface area contributed by atoms with Crippen molar-refractivity contribution in [1.82, 2.24) is 0 Å². The van der Waals surface area contributed by atoms with Crippen LogP contribution in [-0.2, 0) is 25.2 Å². The minimum absolute atomic E-state index is 0. The summed E-state index contributed by atoms with van der Waals surface area (Å²) in [4.78, 5) is 8.78. The Hall–Kier alpha value is -3.52. The molecule has 0 aliphatic heterocycles. The number of hydrogen-bond donors (Lipinski definition) is 0. The number of aliphatic carboxylic acids is 1. The van der Waals surface area contributed by atoms with Crippen LogP contribution >= 0.6 is 16.3 Å². The second-order valence-corrected chi connectivity index (χ2v) is 11.9. The van der Waals surface area contributed by atoms with Crippen LogP contribution in [0.15, 0.2) is 140 Å². The fourth-order valence-corrected chi connectivity index (χ4v) is 6.89. The molecule has 0 aliphatic carbocycles. The molecule has 0 unspecified atom stereocenters. The van der Waals surface area contributed by atoms with Crippen LogP contribution in [0.2, 0.25) is 0 Å². The number of carbonyl (C=O) groups excluding carboxylic acids is 1. The fraction of sp³-hybridized carbons (Fsp3) is 0.0312. The number of hydrogen-bond acceptors (Lipinski definition) is 4. The second-order valence-electron chi connectivity index (χ2n) is 8.28. The van der Waals surface area contributed by atoms with Crippen molar-refractivity contribution in [3.05, 3.63) is 146 Å². The largest absolute Gasteiger partial charge is 2.00 e. The Morgan fingerprint density at radius 3 is 1.05 bits per heavy atom. The summed E-state index contributed by atoms with van der Waals surface area (Å²) >= 11 is 0. The van der Waals surface area contributed by atoms with Crippen LogP contribution in [0.3, 0.4) is 0 Å². The number of carbonyl (C=O) groups is 1. The number of halogens is 3. The van der Waals surface area contributed by atoms with E-state index < -0.39 is 28.4 Å². The summed E-state index contributed by atoms with van der Waals surface area (Å²) in [6.45, 7) is 0. The van der Waals surface area contributed by atoms with Crippen molar-refractivity contribution in [2.24, 2.45) is 0 Å². The first-order valence-corrected chi connectivity index (χ1v) is 14.8. The van der Waals surface area contributed by atoms with E-state index in [1.807, 2.05) is 91.0 Å². The Balaban J connectivity index is 0.000000541. The van der Waals surface area contributed by atoms with Crippen molar-refractivity contribution >= 4 is 43.5 Å². The van der Waals surface area contributed by atoms with Gasteiger partial charge in [-0.2, -0.15) is 19.2 Å². The molecule has 216 valence electrons. The smallest absolute Gasteiger partial charge is 0.542 e. The summed E-state index contributed by atoms with van der Waals surface area (Å²) < 4.78 is 44.7. The van der Waals surface area contributed by atoms with Gasteiger partial charge in [-0.25, -0.2) is 0 Å². The molecule has 5 aromatic rings. The number of alkyl halides is 3. The summed E-state index contributed by atoms with van der Waals surface area (Å²) in [6, 6.07) is 50.6. The average Bonchev–Trinajstić information content (AvgIpc) is 3.00. The Bertz CT molecular complexity index is 1330. The molecule has 0 N–H and O–H groups in total. The molecule has 0 saturated heterocycles. The predicted octanol–water partition coefficient (Wildman–Crippen LogP) is 5.64. The van der Waals surface area contributed by atoms with Gasteiger partial charge >= 0.3 is 26.6 Å². The molecule has 0 amide bonds. The summed E-state index contributed by atoms with van der Waals surface area (Å²) in [6.07, 6.45) is -5.19. The Morgan fingerprint density at radius 2 is 0.810 bits per heavy atom. The maximum Gasteiger partial charge on any atom is 2.00 e. The average molecular weight is 697 g/mol. The second kappa shape index (κ2) is 16.2. The Morgan fingerprint density at radius 1 is 0.548 bits per heavy atom. The SMILES string of the molecule is O=C([O-])C(F)(F)F.[Pd+2].[c-]1c(OP(c2ccccc2)c2ccccc2)cccc1OP(c1ccccc1)c1ccccc1. The van der Waals surface area contributed by atoms with Crippen molar-refractivity contribution < 1.29 is 52.5 Å². The maximum atomic E-state index is 10.5. The molecule has 0 aliphatic rings. The normalized spacial score (nSPS) is 10.7. The van der Waals surface area contributed by atoms with Gasteiger partial charge in [0.05, 0.1) is 0 Å². The molecule has 0 atom stereocenters. The number of carboxylic acids is 1. The van der Waals surface area contributed by atoms with Gasteiger partial charge in [0.2, 0.25) is 0 Å². The van der Waals surface area contributed by atoms with Gasteiger partial charge in [-0.05, 0) is 0 Å². The predicted molar refractivity (Wildman–Crippen MR) is 156 cm³/mol. The molecule has 42 heavy (non-hydrogen) atoms. The van der Waals surface area contributed by atoms with Crippen molar-refractivity contribution in [2.75, 3.05) is 0 Å². The van der Waals surface area contributed by atoms with E-state index in [4.69, 9.17) is 18.9 Å². The summed E-state index contributed by atoms with van der Waals surface area (Å²) in [5.74, 6) is -1.66. The quantitative estimate of drug-likeness (QED) is 0.120. The molecular weight excluding hydrogens is 674 g/mol. The zero-order valence-electron chi connectivity index (χ0n) is 21.8. The topological polar surface area (TPSA) is 58.6 Å². The van der Waals surface area contributed by atoms with Crippen LogP contribution in [0.25, 0.3) is 0 Å². The third-order valence-electron chi connectivity index (χ3n) is 5.32. The number of carboxylic acid groups (broad SMARTS) is 1. The van der Waals surface area contributed by atoms with E-state index in [9.17, 15) is 13.2 Å². The first-order valence-electron chi connectivity index (χ1n) is 12.3. The van der Waals surface area contributed by atoms with Crippen LogP contribution < -0.4 is 35.4 Å². The molecule has 0 heterocycles. The summed E-state index contributed by atoms with van der Waals surface area (Å²) in [7, 11) is -2.06. The van der Waals surface area contributed by atoms with Gasteiger partial charge < -0.3 is 18.9 Å². The van der Waals surface area contributed by atoms with Crippen molar-refractivity contribution in [2.45, 2.75) is 6.18 Å². The first-order chi connectivity index (χ1) is 19.8. The molecule has 0 spiro atoms. The maximum absolute atomic E-state index is 10.5. The van der Waals surface area contributed by atoms with Crippen LogP contribution in [0.5, 0.6) is 11.5 Å². The fourth-order valence-electron chi connectivity index (χ4n) is 3.49. The van der Waals surface area contributed by atoms with Crippen molar-refractivity contribution in [3.8, 4) is 11.5 Å². The molecule has 0 saturated carbocycles. The number of rotatable bonds is 8. The summed E-state index contributed by atoms with van der Waals surface area (Å²) in [5, 5.41) is 13.4. The monoisotopic (exact) mass is 696 g/mol. The van der Waals surface area contributed by atoms with Crippen LogP contribution in [0.1, 0.15) is 0 Å². The van der Waals surface area contributed by atoms with Gasteiger partial charge in [0.25, 0.3) is 0 Å². The molecule has 0 radical (unpaired) electrons. The van der Waals surface area contributed by atoms with Gasteiger partial charge in [0.15, 0.2) is 0 Å². The van der Waals surface area contributed by atoms with E-state index in [2.05, 4.69) is 54.6 Å². The molecule has 0 fully saturated rings. The van der Waals surface area contributed by atoms with E-state index in [0.29, 0.717) is 11.5 Å². The van der Waals surface area contributed by atoms with E-state index in [1.165, 1.54) is 0 Å². The van der Waals surface area contributed by atoms with E-state index in [1.54, 1.807) is 0 Å². The standard InChI is InChI=1S/C30H23O2P2.C2HF3O2.Pd/c1-5-16-27(17-6-1)33(28-18-7-2-8-19-28)31-25-14-13-15-26(24-25)32-34(29-20-9-3-10-21-29)30-22-11-4-12-23-30;3-2(4,5)1(6)7;/h1-23H;(H,6,7);/q-1;;+2/p-1. The molecule has 10 heteroatoms. The van der Waals surface area contributed by atoms with E-state index >= 15 is 0 Å².